The van der Waals surface area contributed by atoms with E-state index in [-0.39, 0.29) is 0 Å². The molecule has 0 bridgehead atoms. The molecule has 2 aliphatic carbocycles. The van der Waals surface area contributed by atoms with Crippen molar-refractivity contribution in [2.45, 2.75) is 70.1 Å². The van der Waals surface area contributed by atoms with E-state index in [2.05, 4.69) is 30.4 Å². The van der Waals surface area contributed by atoms with Crippen molar-refractivity contribution in [1.29, 1.82) is 0 Å². The number of nitrogens with one attached hydrogen (secondary N) is 1. The van der Waals surface area contributed by atoms with E-state index in [9.17, 15) is 0 Å². The number of ether oxygens (including phenoxy) is 1. The third-order valence-electron chi connectivity index (χ3n) is 5.08. The van der Waals surface area contributed by atoms with E-state index in [0.717, 1.165) is 6.42 Å². The third kappa shape index (κ3) is 3.07. The van der Waals surface area contributed by atoms with Gasteiger partial charge in [0.2, 0.25) is 0 Å². The Morgan fingerprint density at radius 3 is 2.70 bits per heavy atom. The fourth-order valence-electron chi connectivity index (χ4n) is 3.78. The van der Waals surface area contributed by atoms with Crippen molar-refractivity contribution in [2.24, 2.45) is 0 Å². The SMILES string of the molecule is COC1CCC(NC(C)c2ccc3c(c2)CCCC3)C1. The molecule has 1 aromatic rings. The molecule has 2 aliphatic rings. The molecule has 3 unspecified atom stereocenters. The Morgan fingerprint density at radius 2 is 1.95 bits per heavy atom. The summed E-state index contributed by atoms with van der Waals surface area (Å²) >= 11 is 0. The molecule has 110 valence electrons. The van der Waals surface area contributed by atoms with Crippen molar-refractivity contribution in [2.75, 3.05) is 7.11 Å². The molecule has 2 nitrogen and oxygen atoms in total. The summed E-state index contributed by atoms with van der Waals surface area (Å²) in [7, 11) is 1.83. The van der Waals surface area contributed by atoms with Gasteiger partial charge in [0, 0.05) is 19.2 Å². The first kappa shape index (κ1) is 14.1. The van der Waals surface area contributed by atoms with E-state index >= 15 is 0 Å². The molecular formula is C18H27NO. The molecule has 0 radical (unpaired) electrons. The van der Waals surface area contributed by atoms with Crippen LogP contribution in [0.1, 0.15) is 61.8 Å². The van der Waals surface area contributed by atoms with Crippen molar-refractivity contribution in [3.8, 4) is 0 Å². The maximum Gasteiger partial charge on any atom is 0.0586 e. The van der Waals surface area contributed by atoms with E-state index in [1.807, 2.05) is 7.11 Å². The maximum absolute atomic E-state index is 5.46. The highest BCUT2D eigenvalue weighted by atomic mass is 16.5. The minimum Gasteiger partial charge on any atom is -0.381 e. The number of rotatable bonds is 4. The zero-order chi connectivity index (χ0) is 13.9. The van der Waals surface area contributed by atoms with Gasteiger partial charge in [-0.1, -0.05) is 18.2 Å². The van der Waals surface area contributed by atoms with Crippen LogP contribution in [0.2, 0.25) is 0 Å². The molecule has 1 N–H and O–H groups in total. The third-order valence-corrected chi connectivity index (χ3v) is 5.08. The topological polar surface area (TPSA) is 21.3 Å². The lowest BCUT2D eigenvalue weighted by molar-refractivity contribution is 0.106. The first-order chi connectivity index (χ1) is 9.76. The van der Waals surface area contributed by atoms with Gasteiger partial charge in [0.1, 0.15) is 0 Å². The Balaban J connectivity index is 1.63. The summed E-state index contributed by atoms with van der Waals surface area (Å²) in [6, 6.07) is 8.18. The standard InChI is InChI=1S/C18H27NO/c1-13(19-17-9-10-18(12-17)20-2)15-8-7-14-5-3-4-6-16(14)11-15/h7-8,11,13,17-19H,3-6,9-10,12H2,1-2H3. The summed E-state index contributed by atoms with van der Waals surface area (Å²) in [6.07, 6.45) is 9.32. The van der Waals surface area contributed by atoms with Crippen molar-refractivity contribution < 1.29 is 4.74 Å². The highest BCUT2D eigenvalue weighted by molar-refractivity contribution is 5.35. The minimum absolute atomic E-state index is 0.447. The van der Waals surface area contributed by atoms with Gasteiger partial charge in [-0.05, 0) is 68.6 Å². The normalized spacial score (nSPS) is 27.3. The van der Waals surface area contributed by atoms with E-state index in [0.29, 0.717) is 18.2 Å². The quantitative estimate of drug-likeness (QED) is 0.901. The van der Waals surface area contributed by atoms with Crippen LogP contribution in [0.15, 0.2) is 18.2 Å². The van der Waals surface area contributed by atoms with Crippen LogP contribution in [0.3, 0.4) is 0 Å². The number of aryl methyl sites for hydroxylation is 2. The van der Waals surface area contributed by atoms with Crippen LogP contribution in [0.5, 0.6) is 0 Å². The summed E-state index contributed by atoms with van der Waals surface area (Å²) in [5, 5.41) is 3.79. The van der Waals surface area contributed by atoms with Crippen LogP contribution in [-0.2, 0) is 17.6 Å². The molecule has 3 rings (SSSR count). The van der Waals surface area contributed by atoms with Crippen LogP contribution < -0.4 is 5.32 Å². The molecule has 1 fully saturated rings. The lowest BCUT2D eigenvalue weighted by Gasteiger charge is -2.22. The molecule has 0 spiro atoms. The van der Waals surface area contributed by atoms with Crippen LogP contribution >= 0.6 is 0 Å². The van der Waals surface area contributed by atoms with Gasteiger partial charge in [-0.15, -0.1) is 0 Å². The van der Waals surface area contributed by atoms with Crippen molar-refractivity contribution in [3.05, 3.63) is 34.9 Å². The van der Waals surface area contributed by atoms with Crippen LogP contribution in [0, 0.1) is 0 Å². The van der Waals surface area contributed by atoms with Crippen LogP contribution in [0.25, 0.3) is 0 Å². The molecule has 2 heteroatoms. The largest absolute Gasteiger partial charge is 0.381 e. The molecular weight excluding hydrogens is 246 g/mol. The van der Waals surface area contributed by atoms with Gasteiger partial charge < -0.3 is 10.1 Å². The molecule has 3 atom stereocenters. The second-order valence-electron chi connectivity index (χ2n) is 6.49. The summed E-state index contributed by atoms with van der Waals surface area (Å²) < 4.78 is 5.46. The number of methoxy groups -OCH3 is 1. The predicted octanol–water partition coefficient (Wildman–Crippen LogP) is 3.78. The fourth-order valence-corrected chi connectivity index (χ4v) is 3.78. The van der Waals surface area contributed by atoms with Crippen molar-refractivity contribution in [3.63, 3.8) is 0 Å². The second-order valence-corrected chi connectivity index (χ2v) is 6.49. The van der Waals surface area contributed by atoms with E-state index in [1.54, 1.807) is 11.1 Å². The average molecular weight is 273 g/mol. The van der Waals surface area contributed by atoms with E-state index in [4.69, 9.17) is 4.74 Å². The number of benzene rings is 1. The molecule has 0 aromatic heterocycles. The van der Waals surface area contributed by atoms with Gasteiger partial charge in [-0.3, -0.25) is 0 Å². The Kier molecular flexibility index (Phi) is 4.42. The molecule has 0 aliphatic heterocycles. The predicted molar refractivity (Wildman–Crippen MR) is 83.1 cm³/mol. The van der Waals surface area contributed by atoms with Gasteiger partial charge in [-0.2, -0.15) is 0 Å². The summed E-state index contributed by atoms with van der Waals surface area (Å²) in [5.74, 6) is 0. The summed E-state index contributed by atoms with van der Waals surface area (Å²) in [4.78, 5) is 0. The molecule has 20 heavy (non-hydrogen) atoms. The van der Waals surface area contributed by atoms with E-state index < -0.39 is 0 Å². The first-order valence-corrected chi connectivity index (χ1v) is 8.17. The highest BCUT2D eigenvalue weighted by Gasteiger charge is 2.25. The smallest absolute Gasteiger partial charge is 0.0586 e. The van der Waals surface area contributed by atoms with Crippen molar-refractivity contribution >= 4 is 0 Å². The fraction of sp³-hybridized carbons (Fsp3) is 0.667. The molecule has 1 aromatic carbocycles. The molecule has 0 heterocycles. The summed E-state index contributed by atoms with van der Waals surface area (Å²) in [6.45, 7) is 2.30. The number of hydrogen-bond donors (Lipinski definition) is 1. The Morgan fingerprint density at radius 1 is 1.15 bits per heavy atom. The van der Waals surface area contributed by atoms with Crippen LogP contribution in [-0.4, -0.2) is 19.3 Å². The maximum atomic E-state index is 5.46. The summed E-state index contributed by atoms with van der Waals surface area (Å²) in [5.41, 5.74) is 4.61. The molecule has 0 amide bonds. The zero-order valence-electron chi connectivity index (χ0n) is 12.8. The van der Waals surface area contributed by atoms with Gasteiger partial charge >= 0.3 is 0 Å². The van der Waals surface area contributed by atoms with Gasteiger partial charge in [0.25, 0.3) is 0 Å². The minimum atomic E-state index is 0.447. The molecule has 0 saturated heterocycles. The lowest BCUT2D eigenvalue weighted by atomic mass is 9.89. The zero-order valence-corrected chi connectivity index (χ0v) is 12.8. The second kappa shape index (κ2) is 6.28. The van der Waals surface area contributed by atoms with Gasteiger partial charge in [0.05, 0.1) is 6.10 Å². The van der Waals surface area contributed by atoms with Gasteiger partial charge in [0.15, 0.2) is 0 Å². The highest BCUT2D eigenvalue weighted by Crippen LogP contribution is 2.27. The van der Waals surface area contributed by atoms with Crippen LogP contribution in [0.4, 0.5) is 0 Å². The Bertz CT molecular complexity index is 457. The Labute approximate surface area is 122 Å². The monoisotopic (exact) mass is 273 g/mol. The molecule has 1 saturated carbocycles. The van der Waals surface area contributed by atoms with Gasteiger partial charge in [-0.25, -0.2) is 0 Å². The first-order valence-electron chi connectivity index (χ1n) is 8.17. The van der Waals surface area contributed by atoms with E-state index in [1.165, 1.54) is 44.1 Å². The lowest BCUT2D eigenvalue weighted by Crippen LogP contribution is -2.30. The number of fused-ring (bicyclic) bond motifs is 1. The number of hydrogen-bond acceptors (Lipinski definition) is 2. The average Bonchev–Trinajstić information content (AvgIpc) is 2.94. The van der Waals surface area contributed by atoms with Crippen molar-refractivity contribution in [1.82, 2.24) is 5.32 Å². The Hall–Kier alpha value is -0.860.